The minimum atomic E-state index is -0.595. The Bertz CT molecular complexity index is 216. The van der Waals surface area contributed by atoms with E-state index in [4.69, 9.17) is 11.6 Å². The molecule has 0 bridgehead atoms. The van der Waals surface area contributed by atoms with Crippen molar-refractivity contribution in [2.75, 3.05) is 6.54 Å². The normalized spacial score (nSPS) is 21.1. The predicted molar refractivity (Wildman–Crippen MR) is 50.5 cm³/mol. The summed E-state index contributed by atoms with van der Waals surface area (Å²) in [6.07, 6.45) is 3.29. The van der Waals surface area contributed by atoms with Gasteiger partial charge in [-0.3, -0.25) is 14.5 Å². The number of rotatable bonds is 1. The van der Waals surface area contributed by atoms with Gasteiger partial charge in [0.1, 0.15) is 5.38 Å². The van der Waals surface area contributed by atoms with E-state index in [-0.39, 0.29) is 11.8 Å². The van der Waals surface area contributed by atoms with Crippen molar-refractivity contribution in [2.45, 2.75) is 38.0 Å². The molecule has 0 aromatic carbocycles. The van der Waals surface area contributed by atoms with Crippen molar-refractivity contribution in [3.8, 4) is 0 Å². The fourth-order valence-corrected chi connectivity index (χ4v) is 1.55. The number of amides is 2. The lowest BCUT2D eigenvalue weighted by molar-refractivity contribution is -0.144. The number of carbonyl (C=O) groups excluding carboxylic acids is 2. The Morgan fingerprint density at radius 3 is 2.77 bits per heavy atom. The summed E-state index contributed by atoms with van der Waals surface area (Å²) in [5.41, 5.74) is 0. The molecule has 1 aliphatic heterocycles. The van der Waals surface area contributed by atoms with Crippen LogP contribution in [0.5, 0.6) is 0 Å². The number of nitrogens with zero attached hydrogens (tertiary/aromatic N) is 1. The van der Waals surface area contributed by atoms with E-state index >= 15 is 0 Å². The standard InChI is InChI=1S/C9H14ClNO2/c1-7(10)9(13)11-6-4-2-3-5-8(11)12/h7H,2-6H2,1H3. The van der Waals surface area contributed by atoms with Gasteiger partial charge in [0.15, 0.2) is 0 Å². The largest absolute Gasteiger partial charge is 0.281 e. The predicted octanol–water partition coefficient (Wildman–Crippen LogP) is 1.54. The first-order valence-corrected chi connectivity index (χ1v) is 5.05. The average molecular weight is 204 g/mol. The number of halogens is 1. The van der Waals surface area contributed by atoms with Gasteiger partial charge in [-0.15, -0.1) is 11.6 Å². The Labute approximate surface area is 83.0 Å². The summed E-state index contributed by atoms with van der Waals surface area (Å²) in [7, 11) is 0. The summed E-state index contributed by atoms with van der Waals surface area (Å²) in [5.74, 6) is -0.330. The van der Waals surface area contributed by atoms with Crippen LogP contribution in [-0.4, -0.2) is 28.6 Å². The van der Waals surface area contributed by atoms with Gasteiger partial charge in [-0.25, -0.2) is 0 Å². The lowest BCUT2D eigenvalue weighted by Crippen LogP contribution is -2.40. The molecule has 1 rings (SSSR count). The molecule has 0 aromatic rings. The molecular weight excluding hydrogens is 190 g/mol. The molecule has 0 spiro atoms. The maximum absolute atomic E-state index is 11.4. The fraction of sp³-hybridized carbons (Fsp3) is 0.778. The highest BCUT2D eigenvalue weighted by Crippen LogP contribution is 2.13. The molecule has 0 N–H and O–H groups in total. The SMILES string of the molecule is CC(Cl)C(=O)N1CCCCCC1=O. The van der Waals surface area contributed by atoms with Crippen LogP contribution < -0.4 is 0 Å². The van der Waals surface area contributed by atoms with Crippen LogP contribution in [0.25, 0.3) is 0 Å². The number of likely N-dealkylation sites (tertiary alicyclic amines) is 1. The number of hydrogen-bond donors (Lipinski definition) is 0. The summed E-state index contributed by atoms with van der Waals surface area (Å²) in [6, 6.07) is 0. The highest BCUT2D eigenvalue weighted by atomic mass is 35.5. The second-order valence-corrected chi connectivity index (χ2v) is 3.96. The van der Waals surface area contributed by atoms with Crippen molar-refractivity contribution in [1.29, 1.82) is 0 Å². The van der Waals surface area contributed by atoms with E-state index in [2.05, 4.69) is 0 Å². The Kier molecular flexibility index (Phi) is 3.72. The van der Waals surface area contributed by atoms with Gasteiger partial charge in [-0.1, -0.05) is 6.42 Å². The highest BCUT2D eigenvalue weighted by Gasteiger charge is 2.25. The molecular formula is C9H14ClNO2. The zero-order valence-electron chi connectivity index (χ0n) is 7.75. The van der Waals surface area contributed by atoms with Crippen molar-refractivity contribution >= 4 is 23.4 Å². The third-order valence-electron chi connectivity index (χ3n) is 2.18. The third-order valence-corrected chi connectivity index (χ3v) is 2.37. The topological polar surface area (TPSA) is 37.4 Å². The van der Waals surface area contributed by atoms with Gasteiger partial charge in [0.2, 0.25) is 11.8 Å². The monoisotopic (exact) mass is 203 g/mol. The van der Waals surface area contributed by atoms with Gasteiger partial charge >= 0.3 is 0 Å². The van der Waals surface area contributed by atoms with Crippen LogP contribution in [0.3, 0.4) is 0 Å². The summed E-state index contributed by atoms with van der Waals surface area (Å²) in [4.78, 5) is 24.1. The molecule has 0 aromatic heterocycles. The van der Waals surface area contributed by atoms with Gasteiger partial charge < -0.3 is 0 Å². The molecule has 1 atom stereocenters. The smallest absolute Gasteiger partial charge is 0.246 e. The number of alkyl halides is 1. The average Bonchev–Trinajstić information content (AvgIpc) is 2.28. The van der Waals surface area contributed by atoms with Crippen LogP contribution in [0.1, 0.15) is 32.6 Å². The zero-order valence-corrected chi connectivity index (χ0v) is 8.51. The van der Waals surface area contributed by atoms with E-state index in [0.29, 0.717) is 13.0 Å². The Morgan fingerprint density at radius 2 is 2.15 bits per heavy atom. The number of hydrogen-bond acceptors (Lipinski definition) is 2. The van der Waals surface area contributed by atoms with Gasteiger partial charge in [0.25, 0.3) is 0 Å². The van der Waals surface area contributed by atoms with E-state index in [0.717, 1.165) is 19.3 Å². The first kappa shape index (κ1) is 10.5. The molecule has 0 radical (unpaired) electrons. The summed E-state index contributed by atoms with van der Waals surface area (Å²) < 4.78 is 0. The fourth-order valence-electron chi connectivity index (χ4n) is 1.43. The van der Waals surface area contributed by atoms with Crippen LogP contribution in [0.4, 0.5) is 0 Å². The molecule has 1 aliphatic rings. The quantitative estimate of drug-likeness (QED) is 0.607. The van der Waals surface area contributed by atoms with Crippen molar-refractivity contribution in [3.05, 3.63) is 0 Å². The molecule has 0 saturated carbocycles. The minimum absolute atomic E-state index is 0.0741. The van der Waals surface area contributed by atoms with Gasteiger partial charge in [-0.05, 0) is 19.8 Å². The van der Waals surface area contributed by atoms with Crippen LogP contribution in [0.15, 0.2) is 0 Å². The Hall–Kier alpha value is -0.570. The summed E-state index contributed by atoms with van der Waals surface area (Å²) >= 11 is 5.64. The number of imide groups is 1. The van der Waals surface area contributed by atoms with Crippen LogP contribution >= 0.6 is 11.6 Å². The van der Waals surface area contributed by atoms with Crippen molar-refractivity contribution < 1.29 is 9.59 Å². The molecule has 1 saturated heterocycles. The zero-order chi connectivity index (χ0) is 9.84. The van der Waals surface area contributed by atoms with E-state index in [1.165, 1.54) is 4.90 Å². The number of carbonyl (C=O) groups is 2. The maximum atomic E-state index is 11.4. The van der Waals surface area contributed by atoms with Gasteiger partial charge in [0, 0.05) is 13.0 Å². The second kappa shape index (κ2) is 4.61. The van der Waals surface area contributed by atoms with Crippen LogP contribution in [0.2, 0.25) is 0 Å². The maximum Gasteiger partial charge on any atom is 0.246 e. The van der Waals surface area contributed by atoms with Gasteiger partial charge in [0.05, 0.1) is 0 Å². The molecule has 1 unspecified atom stereocenters. The molecule has 4 heteroatoms. The highest BCUT2D eigenvalue weighted by molar-refractivity contribution is 6.31. The van der Waals surface area contributed by atoms with E-state index in [1.807, 2.05) is 0 Å². The lowest BCUT2D eigenvalue weighted by Gasteiger charge is -2.19. The molecule has 13 heavy (non-hydrogen) atoms. The molecule has 74 valence electrons. The van der Waals surface area contributed by atoms with Gasteiger partial charge in [-0.2, -0.15) is 0 Å². The van der Waals surface area contributed by atoms with Crippen molar-refractivity contribution in [3.63, 3.8) is 0 Å². The lowest BCUT2D eigenvalue weighted by atomic mass is 10.2. The first-order valence-electron chi connectivity index (χ1n) is 4.61. The molecule has 1 fully saturated rings. The van der Waals surface area contributed by atoms with E-state index < -0.39 is 5.38 Å². The second-order valence-electron chi connectivity index (χ2n) is 3.31. The van der Waals surface area contributed by atoms with E-state index in [9.17, 15) is 9.59 Å². The Balaban J connectivity index is 2.64. The summed E-state index contributed by atoms with van der Waals surface area (Å²) in [6.45, 7) is 2.14. The van der Waals surface area contributed by atoms with E-state index in [1.54, 1.807) is 6.92 Å². The van der Waals surface area contributed by atoms with Crippen LogP contribution in [0, 0.1) is 0 Å². The van der Waals surface area contributed by atoms with Crippen molar-refractivity contribution in [2.24, 2.45) is 0 Å². The molecule has 1 heterocycles. The minimum Gasteiger partial charge on any atom is -0.281 e. The summed E-state index contributed by atoms with van der Waals surface area (Å²) in [5, 5.41) is -0.595. The molecule has 2 amide bonds. The van der Waals surface area contributed by atoms with Crippen LogP contribution in [-0.2, 0) is 9.59 Å². The van der Waals surface area contributed by atoms with Crippen molar-refractivity contribution in [1.82, 2.24) is 4.90 Å². The first-order chi connectivity index (χ1) is 6.13. The Morgan fingerprint density at radius 1 is 1.46 bits per heavy atom. The molecule has 3 nitrogen and oxygen atoms in total. The molecule has 0 aliphatic carbocycles. The third kappa shape index (κ3) is 2.69.